The van der Waals surface area contributed by atoms with Gasteiger partial charge in [0, 0.05) is 0 Å². The van der Waals surface area contributed by atoms with Gasteiger partial charge in [0.25, 0.3) is 0 Å². The summed E-state index contributed by atoms with van der Waals surface area (Å²) in [4.78, 5) is 0. The molecule has 0 unspecified atom stereocenters. The van der Waals surface area contributed by atoms with Crippen molar-refractivity contribution in [1.29, 1.82) is 0 Å². The smallest absolute Gasteiger partial charge is 0.423 e. The lowest BCUT2D eigenvalue weighted by Gasteiger charge is -2.19. The van der Waals surface area contributed by atoms with E-state index in [1.54, 1.807) is 12.1 Å². The van der Waals surface area contributed by atoms with Gasteiger partial charge in [0.05, 0.1) is 0 Å². The lowest BCUT2D eigenvalue weighted by Crippen LogP contribution is -2.41. The fourth-order valence-electron chi connectivity index (χ4n) is 3.26. The van der Waals surface area contributed by atoms with E-state index >= 15 is 0 Å². The van der Waals surface area contributed by atoms with Crippen LogP contribution in [0.2, 0.25) is 0 Å². The zero-order valence-electron chi connectivity index (χ0n) is 15.2. The molecule has 134 valence electrons. The molecule has 6 heteroatoms. The maximum Gasteiger partial charge on any atom is 0.488 e. The third-order valence-corrected chi connectivity index (χ3v) is 4.62. The van der Waals surface area contributed by atoms with E-state index in [4.69, 9.17) is 0 Å². The molecule has 0 atom stereocenters. The lowest BCUT2D eigenvalue weighted by atomic mass is 9.67. The molecule has 0 aliphatic heterocycles. The first-order valence-corrected chi connectivity index (χ1v) is 9.39. The summed E-state index contributed by atoms with van der Waals surface area (Å²) in [5, 5.41) is 38.8. The minimum absolute atomic E-state index is 0.501. The summed E-state index contributed by atoms with van der Waals surface area (Å²) in [6.07, 6.45) is 10.2. The average Bonchev–Trinajstić information content (AvgIpc) is 2.55. The Hall–Kier alpha value is -0.810. The summed E-state index contributed by atoms with van der Waals surface area (Å²) < 4.78 is 0. The molecule has 4 N–H and O–H groups in total. The van der Waals surface area contributed by atoms with E-state index in [-0.39, 0.29) is 0 Å². The van der Waals surface area contributed by atoms with Crippen molar-refractivity contribution in [2.75, 3.05) is 0 Å². The zero-order chi connectivity index (χ0) is 17.9. The number of hydrogen-bond donors (Lipinski definition) is 4. The Morgan fingerprint density at radius 2 is 1.00 bits per heavy atom. The Morgan fingerprint density at radius 1 is 0.625 bits per heavy atom. The Morgan fingerprint density at radius 3 is 1.29 bits per heavy atom. The van der Waals surface area contributed by atoms with Gasteiger partial charge in [0.2, 0.25) is 0 Å². The standard InChI is InChI=1S/C18H32B2O4/c1-3-5-7-9-11-15-16(12-10-8-6-4-2)18(20(23)24)14-13-17(15)19(21)22/h13-14,21-24H,3-12H2,1-2H3. The maximum absolute atomic E-state index is 9.70. The van der Waals surface area contributed by atoms with Crippen molar-refractivity contribution in [1.82, 2.24) is 0 Å². The van der Waals surface area contributed by atoms with Crippen molar-refractivity contribution >= 4 is 25.2 Å². The molecule has 0 aliphatic carbocycles. The molecule has 4 nitrogen and oxygen atoms in total. The first-order valence-electron chi connectivity index (χ1n) is 9.39. The topological polar surface area (TPSA) is 80.9 Å². The molecule has 0 spiro atoms. The number of rotatable bonds is 12. The summed E-state index contributed by atoms with van der Waals surface area (Å²) in [5.41, 5.74) is 2.79. The molecule has 1 aromatic rings. The third-order valence-electron chi connectivity index (χ3n) is 4.62. The predicted octanol–water partition coefficient (Wildman–Crippen LogP) is 1.29. The van der Waals surface area contributed by atoms with Crippen LogP contribution in [0.4, 0.5) is 0 Å². The van der Waals surface area contributed by atoms with Gasteiger partial charge in [-0.25, -0.2) is 0 Å². The van der Waals surface area contributed by atoms with Gasteiger partial charge in [-0.1, -0.05) is 64.5 Å². The van der Waals surface area contributed by atoms with Crippen molar-refractivity contribution in [3.63, 3.8) is 0 Å². The Bertz CT molecular complexity index is 435. The van der Waals surface area contributed by atoms with Crippen LogP contribution in [0.1, 0.15) is 76.3 Å². The average molecular weight is 334 g/mol. The largest absolute Gasteiger partial charge is 0.488 e. The van der Waals surface area contributed by atoms with Crippen molar-refractivity contribution in [2.24, 2.45) is 0 Å². The van der Waals surface area contributed by atoms with Crippen molar-refractivity contribution in [3.05, 3.63) is 23.3 Å². The molecule has 0 saturated carbocycles. The van der Waals surface area contributed by atoms with Gasteiger partial charge in [-0.2, -0.15) is 0 Å². The number of benzene rings is 1. The highest BCUT2D eigenvalue weighted by molar-refractivity contribution is 6.61. The van der Waals surface area contributed by atoms with E-state index in [1.807, 2.05) is 0 Å². The fraction of sp³-hybridized carbons (Fsp3) is 0.667. The first kappa shape index (κ1) is 21.2. The summed E-state index contributed by atoms with van der Waals surface area (Å²) in [6, 6.07) is 3.23. The predicted molar refractivity (Wildman–Crippen MR) is 102 cm³/mol. The SMILES string of the molecule is CCCCCCc1c(B(O)O)ccc(B(O)O)c1CCCCCC. The minimum atomic E-state index is -1.52. The molecule has 0 heterocycles. The van der Waals surface area contributed by atoms with Crippen LogP contribution in [0, 0.1) is 0 Å². The summed E-state index contributed by atoms with van der Waals surface area (Å²) >= 11 is 0. The van der Waals surface area contributed by atoms with Gasteiger partial charge in [0.1, 0.15) is 0 Å². The number of unbranched alkanes of at least 4 members (excludes halogenated alkanes) is 6. The van der Waals surface area contributed by atoms with E-state index in [9.17, 15) is 20.1 Å². The maximum atomic E-state index is 9.70. The molecule has 0 aromatic heterocycles. The van der Waals surface area contributed by atoms with Gasteiger partial charge in [0.15, 0.2) is 0 Å². The third kappa shape index (κ3) is 6.60. The van der Waals surface area contributed by atoms with Crippen molar-refractivity contribution in [2.45, 2.75) is 78.1 Å². The number of hydrogen-bond acceptors (Lipinski definition) is 4. The van der Waals surface area contributed by atoms with Gasteiger partial charge in [-0.3, -0.25) is 0 Å². The van der Waals surface area contributed by atoms with Crippen LogP contribution in [0.25, 0.3) is 0 Å². The second-order valence-corrected chi connectivity index (χ2v) is 6.57. The van der Waals surface area contributed by atoms with Crippen LogP contribution < -0.4 is 10.9 Å². The molecule has 0 aliphatic rings. The second kappa shape index (κ2) is 11.7. The van der Waals surface area contributed by atoms with Gasteiger partial charge in [-0.15, -0.1) is 0 Å². The molecule has 0 saturated heterocycles. The highest BCUT2D eigenvalue weighted by Gasteiger charge is 2.24. The molecule has 0 radical (unpaired) electrons. The molecule has 0 bridgehead atoms. The van der Waals surface area contributed by atoms with Crippen molar-refractivity contribution in [3.8, 4) is 0 Å². The highest BCUT2D eigenvalue weighted by atomic mass is 16.4. The van der Waals surface area contributed by atoms with Gasteiger partial charge in [-0.05, 0) is 47.7 Å². The summed E-state index contributed by atoms with van der Waals surface area (Å²) in [7, 11) is -3.05. The van der Waals surface area contributed by atoms with Crippen LogP contribution in [0.15, 0.2) is 12.1 Å². The van der Waals surface area contributed by atoms with Crippen LogP contribution in [-0.4, -0.2) is 34.3 Å². The van der Waals surface area contributed by atoms with E-state index in [0.717, 1.165) is 75.3 Å². The molecule has 0 fully saturated rings. The van der Waals surface area contributed by atoms with Crippen LogP contribution in [-0.2, 0) is 12.8 Å². The Balaban J connectivity index is 3.06. The first-order chi connectivity index (χ1) is 11.5. The Kier molecular flexibility index (Phi) is 10.3. The minimum Gasteiger partial charge on any atom is -0.423 e. The lowest BCUT2D eigenvalue weighted by molar-refractivity contribution is 0.422. The van der Waals surface area contributed by atoms with E-state index in [1.165, 1.54) is 0 Å². The molecule has 24 heavy (non-hydrogen) atoms. The van der Waals surface area contributed by atoms with E-state index in [0.29, 0.717) is 10.9 Å². The molecular formula is C18H32B2O4. The fourth-order valence-corrected chi connectivity index (χ4v) is 3.26. The van der Waals surface area contributed by atoms with Crippen LogP contribution >= 0.6 is 0 Å². The van der Waals surface area contributed by atoms with Gasteiger partial charge >= 0.3 is 14.2 Å². The van der Waals surface area contributed by atoms with Crippen molar-refractivity contribution < 1.29 is 20.1 Å². The second-order valence-electron chi connectivity index (χ2n) is 6.57. The monoisotopic (exact) mass is 334 g/mol. The molecular weight excluding hydrogens is 302 g/mol. The molecule has 0 amide bonds. The van der Waals surface area contributed by atoms with Crippen LogP contribution in [0.3, 0.4) is 0 Å². The molecule has 1 aromatic carbocycles. The zero-order valence-corrected chi connectivity index (χ0v) is 15.2. The molecule has 1 rings (SSSR count). The van der Waals surface area contributed by atoms with Gasteiger partial charge < -0.3 is 20.1 Å². The normalized spacial score (nSPS) is 10.9. The summed E-state index contributed by atoms with van der Waals surface area (Å²) in [6.45, 7) is 4.32. The quantitative estimate of drug-likeness (QED) is 0.343. The summed E-state index contributed by atoms with van der Waals surface area (Å²) in [5.74, 6) is 0. The van der Waals surface area contributed by atoms with Crippen LogP contribution in [0.5, 0.6) is 0 Å². The van der Waals surface area contributed by atoms with E-state index < -0.39 is 14.2 Å². The highest BCUT2D eigenvalue weighted by Crippen LogP contribution is 2.15. The van der Waals surface area contributed by atoms with E-state index in [2.05, 4.69) is 13.8 Å². The Labute approximate surface area is 147 Å².